The second kappa shape index (κ2) is 8.61. The third kappa shape index (κ3) is 3.56. The normalized spacial score (nSPS) is 13.5. The topological polar surface area (TPSA) is 61.9 Å². The van der Waals surface area contributed by atoms with Gasteiger partial charge in [0.15, 0.2) is 5.58 Å². The van der Waals surface area contributed by atoms with Crippen molar-refractivity contribution < 1.29 is 4.52 Å². The van der Waals surface area contributed by atoms with Crippen molar-refractivity contribution in [3.63, 3.8) is 0 Å². The quantitative estimate of drug-likeness (QED) is 0.256. The molecule has 5 aromatic rings. The molecule has 1 fully saturated rings. The van der Waals surface area contributed by atoms with Crippen molar-refractivity contribution in [1.29, 1.82) is 5.26 Å². The lowest BCUT2D eigenvalue weighted by molar-refractivity contribution is 0.446. The predicted octanol–water partition coefficient (Wildman–Crippen LogP) is 7.63. The number of hydrogen-bond donors (Lipinski definition) is 1. The van der Waals surface area contributed by atoms with Crippen LogP contribution in [0.25, 0.3) is 11.0 Å². The molecule has 0 atom stereocenters. The van der Waals surface area contributed by atoms with Crippen molar-refractivity contribution in [3.8, 4) is 6.07 Å². The van der Waals surface area contributed by atoms with E-state index in [4.69, 9.17) is 16.1 Å². The largest absolute Gasteiger partial charge is 0.367 e. The predicted molar refractivity (Wildman–Crippen MR) is 139 cm³/mol. The first-order valence-electron chi connectivity index (χ1n) is 11.7. The van der Waals surface area contributed by atoms with E-state index in [1.165, 1.54) is 0 Å². The van der Waals surface area contributed by atoms with Gasteiger partial charge in [0, 0.05) is 12.0 Å². The van der Waals surface area contributed by atoms with E-state index >= 15 is 0 Å². The highest BCUT2D eigenvalue weighted by Crippen LogP contribution is 2.47. The number of aromatic nitrogens is 1. The minimum atomic E-state index is -0.786. The molecular weight excluding hydrogens is 454 g/mol. The van der Waals surface area contributed by atoms with Crippen LogP contribution in [0.1, 0.15) is 46.7 Å². The average molecular weight is 476 g/mol. The highest BCUT2D eigenvalue weighted by atomic mass is 35.5. The minimum Gasteiger partial charge on any atom is -0.367 e. The first kappa shape index (κ1) is 21.5. The summed E-state index contributed by atoms with van der Waals surface area (Å²) in [5.41, 5.74) is 4.74. The van der Waals surface area contributed by atoms with Crippen LogP contribution in [0.3, 0.4) is 0 Å². The number of fused-ring (bicyclic) bond motifs is 1. The van der Waals surface area contributed by atoms with E-state index < -0.39 is 5.54 Å². The van der Waals surface area contributed by atoms with E-state index in [-0.39, 0.29) is 0 Å². The molecule has 0 amide bonds. The van der Waals surface area contributed by atoms with Gasteiger partial charge < -0.3 is 9.84 Å². The zero-order chi connectivity index (χ0) is 23.8. The average Bonchev–Trinajstić information content (AvgIpc) is 3.68. The Bertz CT molecular complexity index is 1440. The summed E-state index contributed by atoms with van der Waals surface area (Å²) in [6.45, 7) is 0. The molecule has 35 heavy (non-hydrogen) atoms. The number of hydrogen-bond acceptors (Lipinski definition) is 4. The molecule has 0 unspecified atom stereocenters. The summed E-state index contributed by atoms with van der Waals surface area (Å²) < 4.78 is 5.72. The molecule has 0 aliphatic heterocycles. The van der Waals surface area contributed by atoms with Crippen LogP contribution in [-0.2, 0) is 5.54 Å². The molecule has 0 radical (unpaired) electrons. The first-order valence-corrected chi connectivity index (χ1v) is 12.1. The van der Waals surface area contributed by atoms with Crippen molar-refractivity contribution in [2.45, 2.75) is 24.3 Å². The van der Waals surface area contributed by atoms with Crippen molar-refractivity contribution in [1.82, 2.24) is 5.16 Å². The second-order valence-corrected chi connectivity index (χ2v) is 9.29. The number of nitriles is 1. The van der Waals surface area contributed by atoms with Crippen LogP contribution >= 0.6 is 11.6 Å². The van der Waals surface area contributed by atoms with E-state index in [0.717, 1.165) is 40.6 Å². The van der Waals surface area contributed by atoms with E-state index in [2.05, 4.69) is 52.9 Å². The molecule has 170 valence electrons. The first-order chi connectivity index (χ1) is 17.2. The summed E-state index contributed by atoms with van der Waals surface area (Å²) in [4.78, 5) is 0. The standard InChI is InChI=1S/C30H22ClN3O/c31-28-24(19-32)25(18-26-27(28)29(34-35-26)20-16-17-20)33-30(21-10-4-1-5-11-21,22-12-6-2-7-13-22)23-14-8-3-9-15-23/h1-15,18,20,33H,16-17H2. The van der Waals surface area contributed by atoms with Crippen molar-refractivity contribution in [3.05, 3.63) is 130 Å². The Kier molecular flexibility index (Phi) is 5.28. The van der Waals surface area contributed by atoms with Crippen LogP contribution < -0.4 is 5.32 Å². The molecule has 1 saturated carbocycles. The van der Waals surface area contributed by atoms with E-state index in [9.17, 15) is 5.26 Å². The van der Waals surface area contributed by atoms with Gasteiger partial charge in [0.1, 0.15) is 11.6 Å². The highest BCUT2D eigenvalue weighted by molar-refractivity contribution is 6.37. The Morgan fingerprint density at radius 3 is 1.83 bits per heavy atom. The SMILES string of the molecule is N#Cc1c(NC(c2ccccc2)(c2ccccc2)c2ccccc2)cc2onc(C3CC3)c2c1Cl. The van der Waals surface area contributed by atoms with E-state index in [0.29, 0.717) is 27.8 Å². The zero-order valence-electron chi connectivity index (χ0n) is 18.9. The van der Waals surface area contributed by atoms with Gasteiger partial charge in [-0.05, 0) is 29.5 Å². The van der Waals surface area contributed by atoms with Crippen LogP contribution in [0, 0.1) is 11.3 Å². The monoisotopic (exact) mass is 475 g/mol. The number of rotatable bonds is 6. The van der Waals surface area contributed by atoms with Crippen LogP contribution in [0.15, 0.2) is 102 Å². The Labute approximate surface area is 208 Å². The van der Waals surface area contributed by atoms with Crippen LogP contribution in [0.2, 0.25) is 5.02 Å². The molecule has 1 heterocycles. The molecule has 1 aliphatic carbocycles. The van der Waals surface area contributed by atoms with Crippen molar-refractivity contribution >= 4 is 28.3 Å². The maximum absolute atomic E-state index is 10.2. The van der Waals surface area contributed by atoms with Gasteiger partial charge in [0.05, 0.1) is 27.4 Å². The van der Waals surface area contributed by atoms with Gasteiger partial charge in [0.2, 0.25) is 0 Å². The van der Waals surface area contributed by atoms with Crippen LogP contribution in [0.4, 0.5) is 5.69 Å². The fourth-order valence-electron chi connectivity index (χ4n) is 4.91. The molecule has 1 aliphatic rings. The van der Waals surface area contributed by atoms with Crippen molar-refractivity contribution in [2.24, 2.45) is 0 Å². The molecule has 0 bridgehead atoms. The molecule has 1 aromatic heterocycles. The lowest BCUT2D eigenvalue weighted by Gasteiger charge is -2.38. The number of anilines is 1. The fourth-order valence-corrected chi connectivity index (χ4v) is 5.24. The van der Waals surface area contributed by atoms with Gasteiger partial charge in [-0.15, -0.1) is 0 Å². The molecule has 4 aromatic carbocycles. The van der Waals surface area contributed by atoms with Gasteiger partial charge in [0.25, 0.3) is 0 Å². The molecular formula is C30H22ClN3O. The minimum absolute atomic E-state index is 0.358. The Morgan fingerprint density at radius 2 is 1.37 bits per heavy atom. The van der Waals surface area contributed by atoms with Gasteiger partial charge >= 0.3 is 0 Å². The Morgan fingerprint density at radius 1 is 0.857 bits per heavy atom. The molecule has 0 saturated heterocycles. The van der Waals surface area contributed by atoms with Gasteiger partial charge in [-0.3, -0.25) is 0 Å². The highest BCUT2D eigenvalue weighted by Gasteiger charge is 2.38. The molecule has 4 nitrogen and oxygen atoms in total. The van der Waals surface area contributed by atoms with E-state index in [1.807, 2.05) is 60.7 Å². The number of nitrogens with zero attached hydrogens (tertiary/aromatic N) is 2. The zero-order valence-corrected chi connectivity index (χ0v) is 19.7. The van der Waals surface area contributed by atoms with Gasteiger partial charge in [-0.25, -0.2) is 0 Å². The lowest BCUT2D eigenvalue weighted by Crippen LogP contribution is -2.38. The fraction of sp³-hybridized carbons (Fsp3) is 0.133. The Balaban J connectivity index is 1.63. The van der Waals surface area contributed by atoms with Gasteiger partial charge in [-0.2, -0.15) is 5.26 Å². The summed E-state index contributed by atoms with van der Waals surface area (Å²) >= 11 is 6.87. The summed E-state index contributed by atoms with van der Waals surface area (Å²) in [5, 5.41) is 19.4. The maximum atomic E-state index is 10.2. The molecule has 0 spiro atoms. The number of benzene rings is 4. The summed E-state index contributed by atoms with van der Waals surface area (Å²) in [5.74, 6) is 0.358. The maximum Gasteiger partial charge on any atom is 0.170 e. The number of halogens is 1. The second-order valence-electron chi connectivity index (χ2n) is 8.91. The summed E-state index contributed by atoms with van der Waals surface area (Å²) in [6, 6.07) is 34.9. The summed E-state index contributed by atoms with van der Waals surface area (Å²) in [6.07, 6.45) is 2.14. The molecule has 1 N–H and O–H groups in total. The third-order valence-electron chi connectivity index (χ3n) is 6.75. The summed E-state index contributed by atoms with van der Waals surface area (Å²) in [7, 11) is 0. The lowest BCUT2D eigenvalue weighted by atomic mass is 9.76. The van der Waals surface area contributed by atoms with Gasteiger partial charge in [-0.1, -0.05) is 108 Å². The van der Waals surface area contributed by atoms with Crippen LogP contribution in [-0.4, -0.2) is 5.16 Å². The third-order valence-corrected chi connectivity index (χ3v) is 7.13. The Hall–Kier alpha value is -4.07. The smallest absolute Gasteiger partial charge is 0.170 e. The van der Waals surface area contributed by atoms with Crippen LogP contribution in [0.5, 0.6) is 0 Å². The molecule has 5 heteroatoms. The number of nitrogens with one attached hydrogen (secondary N) is 1. The van der Waals surface area contributed by atoms with E-state index in [1.54, 1.807) is 0 Å². The molecule has 6 rings (SSSR count). The van der Waals surface area contributed by atoms with Crippen molar-refractivity contribution in [2.75, 3.05) is 5.32 Å².